The molecule has 0 bridgehead atoms. The van der Waals surface area contributed by atoms with Gasteiger partial charge >= 0.3 is 16.4 Å². The number of aromatic nitrogens is 3. The Morgan fingerprint density at radius 1 is 1.21 bits per heavy atom. The lowest BCUT2D eigenvalue weighted by molar-refractivity contribution is -0.137. The van der Waals surface area contributed by atoms with E-state index in [9.17, 15) is 30.0 Å². The Kier molecular flexibility index (Phi) is 5.49. The van der Waals surface area contributed by atoms with Crippen LogP contribution in [0.3, 0.4) is 0 Å². The highest BCUT2D eigenvalue weighted by molar-refractivity contribution is 7.89. The summed E-state index contributed by atoms with van der Waals surface area (Å²) in [5.74, 6) is -0.206. The number of nitrogens with one attached hydrogen (secondary N) is 1. The zero-order chi connectivity index (χ0) is 21.6. The van der Waals surface area contributed by atoms with Gasteiger partial charge in [-0.2, -0.15) is 30.9 Å². The average Bonchev–Trinajstić information content (AvgIpc) is 3.36. The molecule has 0 spiro atoms. The van der Waals surface area contributed by atoms with E-state index in [1.54, 1.807) is 0 Å². The third-order valence-corrected chi connectivity index (χ3v) is 6.97. The van der Waals surface area contributed by atoms with Gasteiger partial charge in [0.25, 0.3) is 15.2 Å². The van der Waals surface area contributed by atoms with Crippen LogP contribution in [0.2, 0.25) is 0 Å². The molecule has 3 rings (SSSR count). The van der Waals surface area contributed by atoms with Crippen LogP contribution in [0.1, 0.15) is 35.7 Å². The van der Waals surface area contributed by atoms with Crippen LogP contribution >= 0.6 is 0 Å². The number of hydrogen-bond donors (Lipinski definition) is 1. The Morgan fingerprint density at radius 2 is 1.86 bits per heavy atom. The van der Waals surface area contributed by atoms with Crippen molar-refractivity contribution in [1.82, 2.24) is 23.2 Å². The van der Waals surface area contributed by atoms with E-state index < -0.39 is 43.7 Å². The number of hydrogen-bond acceptors (Lipinski definition) is 6. The van der Waals surface area contributed by atoms with Crippen molar-refractivity contribution in [2.75, 3.05) is 14.1 Å². The third kappa shape index (κ3) is 4.60. The van der Waals surface area contributed by atoms with Crippen molar-refractivity contribution in [1.29, 1.82) is 0 Å². The highest BCUT2D eigenvalue weighted by atomic mass is 32.2. The Hall–Kier alpha value is -2.03. The molecule has 1 aliphatic rings. The van der Waals surface area contributed by atoms with Crippen molar-refractivity contribution < 1.29 is 30.0 Å². The number of rotatable bonds is 7. The summed E-state index contributed by atoms with van der Waals surface area (Å²) in [4.78, 5) is 3.88. The highest BCUT2D eigenvalue weighted by Crippen LogP contribution is 2.39. The zero-order valence-corrected chi connectivity index (χ0v) is 17.0. The van der Waals surface area contributed by atoms with Gasteiger partial charge in [0.05, 0.1) is 5.56 Å². The predicted octanol–water partition coefficient (Wildman–Crippen LogP) is 1.31. The molecule has 0 amide bonds. The van der Waals surface area contributed by atoms with E-state index in [0.717, 1.165) is 22.5 Å². The van der Waals surface area contributed by atoms with Crippen LogP contribution in [0.5, 0.6) is 0 Å². The summed E-state index contributed by atoms with van der Waals surface area (Å²) in [6, 6.07) is 4.18. The van der Waals surface area contributed by atoms with Crippen LogP contribution in [-0.4, -0.2) is 49.4 Å². The molecule has 1 heterocycles. The van der Waals surface area contributed by atoms with Gasteiger partial charge in [0, 0.05) is 26.6 Å². The molecule has 29 heavy (non-hydrogen) atoms. The first-order valence-electron chi connectivity index (χ1n) is 8.38. The van der Waals surface area contributed by atoms with Gasteiger partial charge in [-0.25, -0.2) is 13.1 Å². The molecule has 1 fully saturated rings. The second-order valence-electron chi connectivity index (χ2n) is 6.68. The van der Waals surface area contributed by atoms with Crippen LogP contribution < -0.4 is 4.72 Å². The fourth-order valence-corrected chi connectivity index (χ4v) is 4.28. The number of halogens is 3. The average molecular weight is 453 g/mol. The van der Waals surface area contributed by atoms with Crippen LogP contribution in [0.25, 0.3) is 0 Å². The third-order valence-electron chi connectivity index (χ3n) is 4.17. The van der Waals surface area contributed by atoms with Crippen molar-refractivity contribution in [3.8, 4) is 0 Å². The molecule has 0 unspecified atom stereocenters. The second kappa shape index (κ2) is 7.34. The van der Waals surface area contributed by atoms with E-state index in [1.807, 2.05) is 0 Å². The largest absolute Gasteiger partial charge is 0.416 e. The molecule has 0 saturated heterocycles. The van der Waals surface area contributed by atoms with Crippen LogP contribution in [0.4, 0.5) is 13.2 Å². The molecule has 1 aromatic heterocycles. The number of benzene rings is 1. The minimum atomic E-state index is -4.56. The molecule has 1 saturated carbocycles. The lowest BCUT2D eigenvalue weighted by Gasteiger charge is -2.12. The second-order valence-corrected chi connectivity index (χ2v) is 10.3. The van der Waals surface area contributed by atoms with Gasteiger partial charge in [-0.3, -0.25) is 0 Å². The topological polar surface area (TPSA) is 114 Å². The first kappa shape index (κ1) is 21.7. The van der Waals surface area contributed by atoms with E-state index in [1.165, 1.54) is 20.2 Å². The molecule has 1 N–H and O–H groups in total. The first-order valence-corrected chi connectivity index (χ1v) is 11.3. The van der Waals surface area contributed by atoms with E-state index in [4.69, 9.17) is 0 Å². The molecule has 0 radical (unpaired) electrons. The maximum absolute atomic E-state index is 12.8. The maximum atomic E-state index is 12.8. The molecule has 14 heteroatoms. The SMILES string of the molecule is CN(C)S(=O)(=O)n1nc(S(=O)(=O)NCc2cccc(C(F)(F)F)c2)nc1C1CC1. The zero-order valence-electron chi connectivity index (χ0n) is 15.4. The Morgan fingerprint density at radius 3 is 2.41 bits per heavy atom. The highest BCUT2D eigenvalue weighted by Gasteiger charge is 2.37. The van der Waals surface area contributed by atoms with Gasteiger partial charge in [0.2, 0.25) is 0 Å². The summed E-state index contributed by atoms with van der Waals surface area (Å²) in [6.07, 6.45) is -3.26. The van der Waals surface area contributed by atoms with E-state index in [0.29, 0.717) is 16.9 Å². The molecule has 2 aromatic rings. The van der Waals surface area contributed by atoms with Crippen molar-refractivity contribution in [3.63, 3.8) is 0 Å². The standard InChI is InChI=1S/C15H18F3N5O4S2/c1-22(2)29(26,27)23-13(11-6-7-11)20-14(21-23)28(24,25)19-9-10-4-3-5-12(8-10)15(16,17)18/h3-5,8,11,19H,6-7,9H2,1-2H3. The van der Waals surface area contributed by atoms with Gasteiger partial charge in [-0.15, -0.1) is 9.19 Å². The summed E-state index contributed by atoms with van der Waals surface area (Å²) in [5, 5.41) is 2.90. The molecule has 1 aliphatic carbocycles. The van der Waals surface area contributed by atoms with Gasteiger partial charge < -0.3 is 0 Å². The molecule has 9 nitrogen and oxygen atoms in total. The monoisotopic (exact) mass is 453 g/mol. The minimum absolute atomic E-state index is 0.0122. The van der Waals surface area contributed by atoms with Gasteiger partial charge in [-0.05, 0) is 24.5 Å². The van der Waals surface area contributed by atoms with Crippen LogP contribution in [0.15, 0.2) is 29.4 Å². The van der Waals surface area contributed by atoms with Crippen LogP contribution in [0, 0.1) is 0 Å². The molecular weight excluding hydrogens is 435 g/mol. The summed E-state index contributed by atoms with van der Waals surface area (Å²) in [6.45, 7) is -0.444. The fraction of sp³-hybridized carbons (Fsp3) is 0.467. The summed E-state index contributed by atoms with van der Waals surface area (Å²) < 4.78 is 91.8. The fourth-order valence-electron chi connectivity index (χ4n) is 2.42. The molecular formula is C15H18F3N5O4S2. The van der Waals surface area contributed by atoms with Crippen molar-refractivity contribution in [2.24, 2.45) is 0 Å². The van der Waals surface area contributed by atoms with E-state index >= 15 is 0 Å². The Bertz CT molecular complexity index is 1120. The van der Waals surface area contributed by atoms with Crippen molar-refractivity contribution in [3.05, 3.63) is 41.2 Å². The quantitative estimate of drug-likeness (QED) is 0.676. The molecule has 160 valence electrons. The molecule has 0 aliphatic heterocycles. The molecule has 1 aromatic carbocycles. The summed E-state index contributed by atoms with van der Waals surface area (Å²) >= 11 is 0. The Labute approximate surface area is 165 Å². The maximum Gasteiger partial charge on any atom is 0.416 e. The Balaban J connectivity index is 1.87. The number of nitrogens with zero attached hydrogens (tertiary/aromatic N) is 4. The number of alkyl halides is 3. The minimum Gasteiger partial charge on any atom is -0.204 e. The van der Waals surface area contributed by atoms with Crippen LogP contribution in [-0.2, 0) is 33.0 Å². The summed E-state index contributed by atoms with van der Waals surface area (Å²) in [5.41, 5.74) is -0.837. The lowest BCUT2D eigenvalue weighted by Crippen LogP contribution is -2.31. The van der Waals surface area contributed by atoms with Gasteiger partial charge in [0.1, 0.15) is 5.82 Å². The van der Waals surface area contributed by atoms with Gasteiger partial charge in [0.15, 0.2) is 0 Å². The normalized spacial score (nSPS) is 15.8. The lowest BCUT2D eigenvalue weighted by atomic mass is 10.1. The first-order chi connectivity index (χ1) is 13.3. The summed E-state index contributed by atoms with van der Waals surface area (Å²) in [7, 11) is -5.90. The van der Waals surface area contributed by atoms with Crippen molar-refractivity contribution in [2.45, 2.75) is 36.6 Å². The van der Waals surface area contributed by atoms with E-state index in [-0.39, 0.29) is 17.3 Å². The smallest absolute Gasteiger partial charge is 0.204 e. The van der Waals surface area contributed by atoms with Crippen molar-refractivity contribution >= 4 is 20.2 Å². The number of sulfonamides is 1. The van der Waals surface area contributed by atoms with E-state index in [2.05, 4.69) is 14.8 Å². The molecule has 0 atom stereocenters. The van der Waals surface area contributed by atoms with Gasteiger partial charge in [-0.1, -0.05) is 18.2 Å². The predicted molar refractivity (Wildman–Crippen MR) is 95.5 cm³/mol.